The number of amides is 1. The molecule has 1 aromatic heterocycles. The first-order valence-electron chi connectivity index (χ1n) is 6.86. The molecule has 1 fully saturated rings. The van der Waals surface area contributed by atoms with Gasteiger partial charge in [-0.15, -0.1) is 0 Å². The molecule has 2 rings (SSSR count). The van der Waals surface area contributed by atoms with E-state index in [1.54, 1.807) is 44.9 Å². The summed E-state index contributed by atoms with van der Waals surface area (Å²) in [7, 11) is 1.78. The van der Waals surface area contributed by atoms with E-state index in [1.807, 2.05) is 0 Å². The molecule has 1 N–H and O–H groups in total. The molecule has 0 unspecified atom stereocenters. The molecule has 0 radical (unpaired) electrons. The summed E-state index contributed by atoms with van der Waals surface area (Å²) in [5.74, 6) is -1.81. The molecule has 0 aromatic carbocycles. The van der Waals surface area contributed by atoms with Crippen molar-refractivity contribution in [1.82, 2.24) is 14.7 Å². The van der Waals surface area contributed by atoms with Crippen molar-refractivity contribution in [3.8, 4) is 0 Å². The fraction of sp³-hybridized carbons (Fsp3) is 0.643. The van der Waals surface area contributed by atoms with Crippen LogP contribution in [0.25, 0.3) is 0 Å². The van der Waals surface area contributed by atoms with Crippen LogP contribution in [0.1, 0.15) is 32.3 Å². The summed E-state index contributed by atoms with van der Waals surface area (Å²) in [4.78, 5) is 25.0. The second-order valence-electron chi connectivity index (χ2n) is 6.38. The Hall–Kier alpha value is -2.05. The Morgan fingerprint density at radius 2 is 2.05 bits per heavy atom. The van der Waals surface area contributed by atoms with Crippen LogP contribution in [-0.2, 0) is 16.6 Å². The highest BCUT2D eigenvalue weighted by Crippen LogP contribution is 2.33. The van der Waals surface area contributed by atoms with E-state index in [4.69, 9.17) is 4.74 Å². The van der Waals surface area contributed by atoms with E-state index >= 15 is 0 Å². The minimum atomic E-state index is -0.907. The van der Waals surface area contributed by atoms with Crippen LogP contribution in [0.15, 0.2) is 12.4 Å². The minimum Gasteiger partial charge on any atom is -0.481 e. The first-order valence-corrected chi connectivity index (χ1v) is 6.86. The number of ether oxygens (including phenoxy) is 1. The van der Waals surface area contributed by atoms with Gasteiger partial charge in [-0.2, -0.15) is 5.10 Å². The summed E-state index contributed by atoms with van der Waals surface area (Å²) in [6.45, 7) is 5.85. The van der Waals surface area contributed by atoms with E-state index in [0.29, 0.717) is 6.54 Å². The van der Waals surface area contributed by atoms with Crippen molar-refractivity contribution in [2.75, 3.05) is 13.1 Å². The number of aryl methyl sites for hydroxylation is 1. The Morgan fingerprint density at radius 1 is 1.38 bits per heavy atom. The van der Waals surface area contributed by atoms with Gasteiger partial charge in [-0.25, -0.2) is 4.79 Å². The summed E-state index contributed by atoms with van der Waals surface area (Å²) in [5.41, 5.74) is 0.235. The minimum absolute atomic E-state index is 0.157. The van der Waals surface area contributed by atoms with Gasteiger partial charge in [0.05, 0.1) is 12.1 Å². The quantitative estimate of drug-likeness (QED) is 0.892. The zero-order valence-electron chi connectivity index (χ0n) is 12.7. The van der Waals surface area contributed by atoms with Crippen LogP contribution in [0.5, 0.6) is 0 Å². The van der Waals surface area contributed by atoms with Crippen molar-refractivity contribution >= 4 is 12.1 Å². The summed E-state index contributed by atoms with van der Waals surface area (Å²) < 4.78 is 6.94. The molecular formula is C14H21N3O4. The van der Waals surface area contributed by atoms with Gasteiger partial charge in [0.2, 0.25) is 0 Å². The molecule has 7 nitrogen and oxygen atoms in total. The van der Waals surface area contributed by atoms with Crippen LogP contribution in [0.2, 0.25) is 0 Å². The molecule has 1 amide bonds. The number of rotatable bonds is 2. The number of aliphatic carboxylic acids is 1. The lowest BCUT2D eigenvalue weighted by molar-refractivity contribution is -0.141. The molecule has 0 aliphatic carbocycles. The lowest BCUT2D eigenvalue weighted by Gasteiger charge is -2.24. The molecule has 0 bridgehead atoms. The highest BCUT2D eigenvalue weighted by Gasteiger charge is 2.42. The van der Waals surface area contributed by atoms with Crippen molar-refractivity contribution < 1.29 is 19.4 Å². The number of carboxylic acids is 1. The molecule has 2 atom stereocenters. The van der Waals surface area contributed by atoms with E-state index in [1.165, 1.54) is 4.90 Å². The van der Waals surface area contributed by atoms with Crippen LogP contribution in [-0.4, -0.2) is 50.5 Å². The largest absolute Gasteiger partial charge is 0.481 e. The second-order valence-corrected chi connectivity index (χ2v) is 6.38. The van der Waals surface area contributed by atoms with Gasteiger partial charge in [0.15, 0.2) is 0 Å². The first kappa shape index (κ1) is 15.3. The number of aromatic nitrogens is 2. The molecule has 1 aromatic rings. The van der Waals surface area contributed by atoms with E-state index in [-0.39, 0.29) is 12.5 Å². The van der Waals surface area contributed by atoms with Crippen molar-refractivity contribution in [2.24, 2.45) is 13.0 Å². The van der Waals surface area contributed by atoms with E-state index in [2.05, 4.69) is 5.10 Å². The highest BCUT2D eigenvalue weighted by molar-refractivity contribution is 5.75. The van der Waals surface area contributed by atoms with Gasteiger partial charge in [0.25, 0.3) is 0 Å². The Labute approximate surface area is 123 Å². The topological polar surface area (TPSA) is 84.7 Å². The first-order chi connectivity index (χ1) is 9.67. The molecule has 1 aliphatic heterocycles. The van der Waals surface area contributed by atoms with E-state index in [0.717, 1.165) is 5.56 Å². The van der Waals surface area contributed by atoms with Gasteiger partial charge in [0.1, 0.15) is 5.60 Å². The summed E-state index contributed by atoms with van der Waals surface area (Å²) >= 11 is 0. The molecule has 21 heavy (non-hydrogen) atoms. The fourth-order valence-corrected chi connectivity index (χ4v) is 2.50. The van der Waals surface area contributed by atoms with Gasteiger partial charge >= 0.3 is 12.1 Å². The number of carbonyl (C=O) groups is 2. The molecule has 0 spiro atoms. The number of hydrogen-bond donors (Lipinski definition) is 1. The van der Waals surface area contributed by atoms with Gasteiger partial charge in [-0.05, 0) is 26.3 Å². The van der Waals surface area contributed by atoms with Gasteiger partial charge in [-0.3, -0.25) is 9.48 Å². The Kier molecular flexibility index (Phi) is 3.93. The molecule has 1 aliphatic rings. The normalized spacial score (nSPS) is 22.4. The molecule has 2 heterocycles. The van der Waals surface area contributed by atoms with Crippen molar-refractivity contribution in [3.05, 3.63) is 18.0 Å². The third-order valence-electron chi connectivity index (χ3n) is 3.44. The predicted molar refractivity (Wildman–Crippen MR) is 74.9 cm³/mol. The standard InChI is InChI=1S/C14H21N3O4/c1-14(2,3)21-13(20)17-7-10(11(8-17)12(18)19)9-5-15-16(4)6-9/h5-6,10-11H,7-8H2,1-4H3,(H,18,19)/t10-,11+/m1/s1. The molecular weight excluding hydrogens is 274 g/mol. The highest BCUT2D eigenvalue weighted by atomic mass is 16.6. The van der Waals surface area contributed by atoms with Crippen LogP contribution in [0.3, 0.4) is 0 Å². The molecule has 116 valence electrons. The Morgan fingerprint density at radius 3 is 2.52 bits per heavy atom. The molecule has 0 saturated carbocycles. The number of carbonyl (C=O) groups excluding carboxylic acids is 1. The zero-order valence-corrected chi connectivity index (χ0v) is 12.7. The SMILES string of the molecule is Cn1cc([C@H]2CN(C(=O)OC(C)(C)C)C[C@@H]2C(=O)O)cn1. The third-order valence-corrected chi connectivity index (χ3v) is 3.44. The number of likely N-dealkylation sites (tertiary alicyclic amines) is 1. The predicted octanol–water partition coefficient (Wildman–Crippen LogP) is 1.46. The zero-order chi connectivity index (χ0) is 15.8. The summed E-state index contributed by atoms with van der Waals surface area (Å²) in [6.07, 6.45) is 2.97. The monoisotopic (exact) mass is 295 g/mol. The van der Waals surface area contributed by atoms with Crippen molar-refractivity contribution in [2.45, 2.75) is 32.3 Å². The van der Waals surface area contributed by atoms with E-state index in [9.17, 15) is 14.7 Å². The van der Waals surface area contributed by atoms with Gasteiger partial charge < -0.3 is 14.7 Å². The van der Waals surface area contributed by atoms with Gasteiger partial charge in [0, 0.05) is 32.3 Å². The fourth-order valence-electron chi connectivity index (χ4n) is 2.50. The van der Waals surface area contributed by atoms with Crippen molar-refractivity contribution in [1.29, 1.82) is 0 Å². The number of carboxylic acid groups (broad SMARTS) is 1. The van der Waals surface area contributed by atoms with Gasteiger partial charge in [-0.1, -0.05) is 0 Å². The van der Waals surface area contributed by atoms with Crippen LogP contribution in [0, 0.1) is 5.92 Å². The van der Waals surface area contributed by atoms with Crippen LogP contribution >= 0.6 is 0 Å². The van der Waals surface area contributed by atoms with E-state index < -0.39 is 23.6 Å². The Balaban J connectivity index is 2.15. The lowest BCUT2D eigenvalue weighted by atomic mass is 9.91. The maximum Gasteiger partial charge on any atom is 0.410 e. The molecule has 1 saturated heterocycles. The Bertz CT molecular complexity index is 547. The summed E-state index contributed by atoms with van der Waals surface area (Å²) in [5, 5.41) is 13.5. The smallest absolute Gasteiger partial charge is 0.410 e. The number of nitrogens with zero attached hydrogens (tertiary/aromatic N) is 3. The maximum absolute atomic E-state index is 12.1. The molecule has 7 heteroatoms. The second kappa shape index (κ2) is 5.38. The van der Waals surface area contributed by atoms with Crippen molar-refractivity contribution in [3.63, 3.8) is 0 Å². The average molecular weight is 295 g/mol. The van der Waals surface area contributed by atoms with Crippen LogP contribution in [0.4, 0.5) is 4.79 Å². The maximum atomic E-state index is 12.1. The lowest BCUT2D eigenvalue weighted by Crippen LogP contribution is -2.35. The van der Waals surface area contributed by atoms with Crippen LogP contribution < -0.4 is 0 Å². The number of hydrogen-bond acceptors (Lipinski definition) is 4. The summed E-state index contributed by atoms with van der Waals surface area (Å²) in [6, 6.07) is 0. The average Bonchev–Trinajstić information content (AvgIpc) is 2.91. The third kappa shape index (κ3) is 3.53.